The van der Waals surface area contributed by atoms with Crippen LogP contribution in [0.15, 0.2) is 72.8 Å². The molecular formula is C35H44N4O8S. The molecule has 4 N–H and O–H groups in total. The monoisotopic (exact) mass is 680 g/mol. The van der Waals surface area contributed by atoms with Crippen LogP contribution in [-0.4, -0.2) is 90.5 Å². The maximum absolute atomic E-state index is 13.8. The minimum absolute atomic E-state index is 0.0798. The Morgan fingerprint density at radius 2 is 1.73 bits per heavy atom. The number of nitrogens with zero attached hydrogens (tertiary/aromatic N) is 1. The molecule has 2 heterocycles. The minimum atomic E-state index is -3.71. The number of rotatable bonds is 15. The largest absolute Gasteiger partial charge is 0.497 e. The van der Waals surface area contributed by atoms with Gasteiger partial charge >= 0.3 is 0 Å². The molecule has 0 radical (unpaired) electrons. The zero-order valence-electron chi connectivity index (χ0n) is 27.4. The van der Waals surface area contributed by atoms with E-state index in [1.165, 1.54) is 25.2 Å². The molecule has 0 aromatic heterocycles. The maximum atomic E-state index is 13.8. The Morgan fingerprint density at radius 3 is 2.46 bits per heavy atom. The number of benzene rings is 3. The van der Waals surface area contributed by atoms with Crippen molar-refractivity contribution >= 4 is 27.5 Å². The van der Waals surface area contributed by atoms with E-state index in [9.17, 15) is 23.1 Å². The number of sulfonamides is 1. The van der Waals surface area contributed by atoms with E-state index in [-0.39, 0.29) is 41.5 Å². The summed E-state index contributed by atoms with van der Waals surface area (Å²) in [5, 5.41) is 20.4. The highest BCUT2D eigenvalue weighted by molar-refractivity contribution is 7.92. The Balaban J connectivity index is 1.33. The van der Waals surface area contributed by atoms with E-state index in [4.69, 9.17) is 14.2 Å². The quantitative estimate of drug-likeness (QED) is 0.189. The molecule has 2 amide bonds. The molecule has 3 aromatic carbocycles. The van der Waals surface area contributed by atoms with Gasteiger partial charge in [-0.1, -0.05) is 42.5 Å². The number of anilines is 1. The van der Waals surface area contributed by atoms with Crippen LogP contribution >= 0.6 is 0 Å². The zero-order valence-corrected chi connectivity index (χ0v) is 28.2. The fourth-order valence-electron chi connectivity index (χ4n) is 6.03. The Hall–Kier alpha value is -4.01. The first kappa shape index (κ1) is 35.3. The number of methoxy groups -OCH3 is 1. The molecule has 0 saturated carbocycles. The van der Waals surface area contributed by atoms with Gasteiger partial charge in [0.2, 0.25) is 10.0 Å². The molecule has 2 aliphatic heterocycles. The molecule has 2 fully saturated rings. The maximum Gasteiger partial charge on any atom is 0.251 e. The number of aliphatic hydroxyl groups excluding tert-OH is 1. The molecule has 2 aliphatic rings. The smallest absolute Gasteiger partial charge is 0.251 e. The van der Waals surface area contributed by atoms with Crippen LogP contribution in [-0.2, 0) is 32.5 Å². The first-order chi connectivity index (χ1) is 23.0. The number of amides is 2. The summed E-state index contributed by atoms with van der Waals surface area (Å²) in [7, 11) is -0.746. The van der Waals surface area contributed by atoms with Crippen LogP contribution in [0.2, 0.25) is 0 Å². The summed E-state index contributed by atoms with van der Waals surface area (Å²) >= 11 is 0. The van der Waals surface area contributed by atoms with Gasteiger partial charge in [0.25, 0.3) is 11.8 Å². The summed E-state index contributed by atoms with van der Waals surface area (Å²) in [5.74, 6) is 0.00940. The number of fused-ring (bicyclic) bond motifs is 1. The van der Waals surface area contributed by atoms with Crippen LogP contribution in [0.1, 0.15) is 38.3 Å². The molecule has 5 unspecified atom stereocenters. The Labute approximate surface area is 281 Å². The van der Waals surface area contributed by atoms with Gasteiger partial charge in [-0.25, -0.2) is 8.42 Å². The van der Waals surface area contributed by atoms with Crippen molar-refractivity contribution in [3.63, 3.8) is 0 Å². The molecule has 13 heteroatoms. The number of hydrogen-bond acceptors (Lipinski definition) is 9. The van der Waals surface area contributed by atoms with Crippen molar-refractivity contribution in [1.82, 2.24) is 16.0 Å². The fraction of sp³-hybridized carbons (Fsp3) is 0.429. The molecule has 12 nitrogen and oxygen atoms in total. The molecule has 2 saturated heterocycles. The third-order valence-electron chi connectivity index (χ3n) is 8.89. The lowest BCUT2D eigenvalue weighted by Crippen LogP contribution is -2.48. The molecule has 0 bridgehead atoms. The highest BCUT2D eigenvalue weighted by atomic mass is 32.2. The van der Waals surface area contributed by atoms with Crippen molar-refractivity contribution < 1.29 is 37.3 Å². The van der Waals surface area contributed by atoms with Gasteiger partial charge < -0.3 is 35.3 Å². The normalized spacial score (nSPS) is 20.0. The summed E-state index contributed by atoms with van der Waals surface area (Å²) in [6.45, 7) is 2.10. The summed E-state index contributed by atoms with van der Waals surface area (Å²) < 4.78 is 42.5. The number of carbonyl (C=O) groups is 2. The summed E-state index contributed by atoms with van der Waals surface area (Å²) in [6.07, 6.45) is 1.01. The fourth-order valence-corrected chi connectivity index (χ4v) is 6.51. The lowest BCUT2D eigenvalue weighted by Gasteiger charge is -2.25. The topological polar surface area (TPSA) is 156 Å². The van der Waals surface area contributed by atoms with Crippen LogP contribution in [0.4, 0.5) is 5.69 Å². The van der Waals surface area contributed by atoms with E-state index >= 15 is 0 Å². The number of ether oxygens (including phenoxy) is 3. The zero-order chi connectivity index (χ0) is 34.3. The van der Waals surface area contributed by atoms with Crippen LogP contribution in [0.25, 0.3) is 0 Å². The first-order valence-corrected chi connectivity index (χ1v) is 17.8. The molecule has 0 aliphatic carbocycles. The standard InChI is InChI=1S/C35H44N4O8S/c1-39(48(3,43)44)28-17-25(33(41)37-20-27-22-47-35-30(27)12-13-46-35)16-26(18-28)34(42)38-31(15-23-8-5-4-6-9-23)32(40)21-36-19-24-10-7-11-29(14-24)45-2/h4-11,14,16-18,27,30-32,35-36,40H,12-13,15,19-22H2,1-3H3,(H,37,41)(H,38,42). The summed E-state index contributed by atoms with van der Waals surface area (Å²) in [4.78, 5) is 27.2. The van der Waals surface area contributed by atoms with Crippen LogP contribution in [0.5, 0.6) is 5.75 Å². The molecular weight excluding hydrogens is 636 g/mol. The average Bonchev–Trinajstić information content (AvgIpc) is 3.71. The summed E-state index contributed by atoms with van der Waals surface area (Å²) in [5.41, 5.74) is 2.25. The third-order valence-corrected chi connectivity index (χ3v) is 10.1. The van der Waals surface area contributed by atoms with Crippen molar-refractivity contribution in [3.05, 3.63) is 95.1 Å². The second-order valence-corrected chi connectivity index (χ2v) is 14.3. The van der Waals surface area contributed by atoms with Crippen LogP contribution in [0, 0.1) is 11.8 Å². The molecule has 5 atom stereocenters. The SMILES string of the molecule is COc1cccc(CNCC(O)C(Cc2ccccc2)NC(=O)c2cc(C(=O)NCC3COC4OCCC34)cc(N(C)S(C)(=O)=O)c2)c1. The van der Waals surface area contributed by atoms with Crippen LogP contribution < -0.4 is 25.0 Å². The van der Waals surface area contributed by atoms with E-state index < -0.39 is 34.0 Å². The van der Waals surface area contributed by atoms with Gasteiger partial charge in [-0.15, -0.1) is 0 Å². The number of aliphatic hydroxyl groups is 1. The lowest BCUT2D eigenvalue weighted by atomic mass is 9.93. The van der Waals surface area contributed by atoms with Gasteiger partial charge in [-0.2, -0.15) is 0 Å². The third kappa shape index (κ3) is 9.11. The Bertz CT molecular complexity index is 1670. The van der Waals surface area contributed by atoms with Gasteiger partial charge in [-0.05, 0) is 54.3 Å². The van der Waals surface area contributed by atoms with E-state index in [0.717, 1.165) is 33.9 Å². The van der Waals surface area contributed by atoms with Crippen molar-refractivity contribution in [2.75, 3.05) is 51.0 Å². The predicted molar refractivity (Wildman–Crippen MR) is 181 cm³/mol. The highest BCUT2D eigenvalue weighted by Crippen LogP contribution is 2.35. The molecule has 3 aromatic rings. The Morgan fingerprint density at radius 1 is 1.00 bits per heavy atom. The van der Waals surface area contributed by atoms with Gasteiger partial charge in [0.1, 0.15) is 5.75 Å². The van der Waals surface area contributed by atoms with E-state index in [0.29, 0.717) is 32.7 Å². The van der Waals surface area contributed by atoms with E-state index in [1.54, 1.807) is 7.11 Å². The molecule has 0 spiro atoms. The summed E-state index contributed by atoms with van der Waals surface area (Å²) in [6, 6.07) is 20.7. The average molecular weight is 681 g/mol. The van der Waals surface area contributed by atoms with Gasteiger partial charge in [0, 0.05) is 49.6 Å². The predicted octanol–water partition coefficient (Wildman–Crippen LogP) is 2.32. The Kier molecular flexibility index (Phi) is 11.7. The van der Waals surface area contributed by atoms with E-state index in [1.807, 2.05) is 54.6 Å². The second-order valence-electron chi connectivity index (χ2n) is 12.3. The lowest BCUT2D eigenvalue weighted by molar-refractivity contribution is -0.0905. The number of nitrogens with one attached hydrogen (secondary N) is 3. The first-order valence-electron chi connectivity index (χ1n) is 16.0. The van der Waals surface area contributed by atoms with Crippen molar-refractivity contribution in [3.8, 4) is 5.75 Å². The van der Waals surface area contributed by atoms with Gasteiger partial charge in [0.05, 0.1) is 44.4 Å². The number of carbonyl (C=O) groups excluding carboxylic acids is 2. The van der Waals surface area contributed by atoms with Crippen molar-refractivity contribution in [2.24, 2.45) is 11.8 Å². The second kappa shape index (κ2) is 15.9. The van der Waals surface area contributed by atoms with Crippen LogP contribution in [0.3, 0.4) is 0 Å². The molecule has 48 heavy (non-hydrogen) atoms. The molecule has 258 valence electrons. The van der Waals surface area contributed by atoms with Crippen molar-refractivity contribution in [1.29, 1.82) is 0 Å². The van der Waals surface area contributed by atoms with Crippen molar-refractivity contribution in [2.45, 2.75) is 37.8 Å². The highest BCUT2D eigenvalue weighted by Gasteiger charge is 2.41. The van der Waals surface area contributed by atoms with E-state index in [2.05, 4.69) is 16.0 Å². The molecule has 5 rings (SSSR count). The van der Waals surface area contributed by atoms with Gasteiger partial charge in [-0.3, -0.25) is 13.9 Å². The van der Waals surface area contributed by atoms with Gasteiger partial charge in [0.15, 0.2) is 6.29 Å². The number of hydrogen-bond donors (Lipinski definition) is 4. The minimum Gasteiger partial charge on any atom is -0.497 e.